The maximum Gasteiger partial charge on any atom is 0.449 e. The lowest BCUT2D eigenvalue weighted by Crippen LogP contribution is -2.65. The lowest BCUT2D eigenvalue weighted by molar-refractivity contribution is -0.371. The maximum atomic E-state index is 14.8. The summed E-state index contributed by atoms with van der Waals surface area (Å²) in [5, 5.41) is 0. The minimum atomic E-state index is -6.75. The first-order valence-corrected chi connectivity index (χ1v) is 17.0. The van der Waals surface area contributed by atoms with Crippen molar-refractivity contribution in [2.75, 3.05) is 23.0 Å². The molecule has 0 spiro atoms. The van der Waals surface area contributed by atoms with Gasteiger partial charge in [0.25, 0.3) is 0 Å². The monoisotopic (exact) mass is 864 g/mol. The predicted octanol–water partition coefficient (Wildman–Crippen LogP) is 13.8. The minimum Gasteiger partial charge on any atom is -0.487 e. The molecule has 0 fully saturated rings. The maximum absolute atomic E-state index is 14.8. The van der Waals surface area contributed by atoms with E-state index in [9.17, 15) is 61.5 Å². The Morgan fingerprint density at radius 1 is 0.367 bits per heavy atom. The van der Waals surface area contributed by atoms with E-state index in [1.165, 1.54) is 48.5 Å². The van der Waals surface area contributed by atoms with Crippen LogP contribution in [0.1, 0.15) is 11.5 Å². The number of hydrogen-bond donors (Lipinski definition) is 0. The van der Waals surface area contributed by atoms with Gasteiger partial charge in [-0.15, -0.1) is 0 Å². The van der Waals surface area contributed by atoms with Crippen LogP contribution < -0.4 is 19.3 Å². The molecule has 2 aromatic heterocycles. The predicted molar refractivity (Wildman–Crippen MR) is 188 cm³/mol. The van der Waals surface area contributed by atoms with Crippen LogP contribution in [0.2, 0.25) is 0 Å². The number of hydrogen-bond acceptors (Lipinski definition) is 6. The molecule has 0 saturated carbocycles. The Bertz CT molecular complexity index is 2160. The molecule has 0 radical (unpaired) electrons. The summed E-state index contributed by atoms with van der Waals surface area (Å²) in [5.41, 5.74) is 0.603. The Balaban J connectivity index is 1.13. The van der Waals surface area contributed by atoms with Crippen molar-refractivity contribution in [1.82, 2.24) is 0 Å². The van der Waals surface area contributed by atoms with Gasteiger partial charge in [0.2, 0.25) is 23.3 Å². The highest BCUT2D eigenvalue weighted by atomic mass is 19.4. The van der Waals surface area contributed by atoms with Gasteiger partial charge in [0, 0.05) is 34.9 Å². The van der Waals surface area contributed by atoms with Gasteiger partial charge in [0.1, 0.15) is 11.5 Å². The molecule has 2 heterocycles. The zero-order valence-corrected chi connectivity index (χ0v) is 29.9. The Morgan fingerprint density at radius 3 is 0.950 bits per heavy atom. The van der Waals surface area contributed by atoms with E-state index in [0.717, 1.165) is 70.5 Å². The summed E-state index contributed by atoms with van der Waals surface area (Å²) in [7, 11) is 0. The second-order valence-electron chi connectivity index (χ2n) is 12.7. The number of halogens is 14. The lowest BCUT2D eigenvalue weighted by Gasteiger charge is -2.36. The average molecular weight is 865 g/mol. The van der Waals surface area contributed by atoms with Crippen molar-refractivity contribution >= 4 is 34.5 Å². The van der Waals surface area contributed by atoms with Gasteiger partial charge in [-0.05, 0) is 84.9 Å². The molecule has 0 bridgehead atoms. The van der Waals surface area contributed by atoms with Crippen molar-refractivity contribution in [3.63, 3.8) is 0 Å². The van der Waals surface area contributed by atoms with Crippen molar-refractivity contribution in [1.29, 1.82) is 0 Å². The van der Waals surface area contributed by atoms with Crippen LogP contribution in [-0.2, 0) is 12.4 Å². The first-order chi connectivity index (χ1) is 28.0. The molecule has 0 saturated heterocycles. The third-order valence-corrected chi connectivity index (χ3v) is 8.56. The van der Waals surface area contributed by atoms with Gasteiger partial charge in [0.15, 0.2) is 13.2 Å². The highest BCUT2D eigenvalue weighted by molar-refractivity contribution is 5.75. The molecular weight excluding hydrogens is 838 g/mol. The van der Waals surface area contributed by atoms with E-state index >= 15 is 0 Å². The van der Waals surface area contributed by atoms with Gasteiger partial charge in [0.05, 0.1) is 0 Å². The van der Waals surface area contributed by atoms with E-state index in [4.69, 9.17) is 8.83 Å². The summed E-state index contributed by atoms with van der Waals surface area (Å²) in [6.07, 6.45) is -9.70. The Labute approximate surface area is 329 Å². The highest BCUT2D eigenvalue weighted by Crippen LogP contribution is 2.53. The third kappa shape index (κ3) is 8.81. The number of alkyl halides is 14. The van der Waals surface area contributed by atoms with Crippen molar-refractivity contribution in [3.8, 4) is 11.5 Å². The van der Waals surface area contributed by atoms with Gasteiger partial charge in [-0.25, -0.2) is 0 Å². The minimum absolute atomic E-state index is 0.0418. The standard InChI is InChI=1S/C40H26F14N2O4/c41-35(42,23-57-29-15-11-27(12-16-29)55(25-7-3-1-4-8-25)33-21-19-31(59-33)37(45,46)47)39(51,52)40(53,54)36(43,44)24-58-30-17-13-28(14-18-30)56(26-9-5-2-6-10-26)34-22-20-32(60-34)38(48,49)50/h1-22H,23-24H2. The third-order valence-electron chi connectivity index (χ3n) is 8.56. The molecule has 4 aromatic carbocycles. The Hall–Kier alpha value is -6.34. The lowest BCUT2D eigenvalue weighted by atomic mass is 9.99. The normalized spacial score (nSPS) is 13.0. The largest absolute Gasteiger partial charge is 0.487 e. The van der Waals surface area contributed by atoms with Crippen LogP contribution in [0.25, 0.3) is 0 Å². The second kappa shape index (κ2) is 16.0. The number of ether oxygens (including phenoxy) is 2. The van der Waals surface area contributed by atoms with Gasteiger partial charge >= 0.3 is 36.0 Å². The fraction of sp³-hybridized carbons (Fsp3) is 0.200. The molecule has 0 aliphatic heterocycles. The SMILES string of the molecule is FC(F)(F)c1ccc(N(c2ccccc2)c2ccc(OCC(F)(F)C(F)(F)C(F)(F)C(F)(F)COc3ccc(N(c4ccccc4)c4ccc(C(F)(F)F)o4)cc3)cc2)o1. The number of furan rings is 2. The average Bonchev–Trinajstić information content (AvgIpc) is 3.90. The van der Waals surface area contributed by atoms with Crippen LogP contribution in [0.3, 0.4) is 0 Å². The van der Waals surface area contributed by atoms with Crippen LogP contribution in [-0.4, -0.2) is 36.9 Å². The number of para-hydroxylation sites is 2. The Morgan fingerprint density at radius 2 is 0.667 bits per heavy atom. The van der Waals surface area contributed by atoms with E-state index in [1.807, 2.05) is 0 Å². The first kappa shape index (κ1) is 43.2. The molecular formula is C40H26F14N2O4. The summed E-state index contributed by atoms with van der Waals surface area (Å²) in [5.74, 6) is -30.0. The molecule has 0 unspecified atom stereocenters. The summed E-state index contributed by atoms with van der Waals surface area (Å²) in [6, 6.07) is 26.4. The molecule has 0 amide bonds. The molecule has 0 N–H and O–H groups in total. The Kier molecular flexibility index (Phi) is 11.5. The topological polar surface area (TPSA) is 51.2 Å². The second-order valence-corrected chi connectivity index (χ2v) is 12.7. The summed E-state index contributed by atoms with van der Waals surface area (Å²) >= 11 is 0. The van der Waals surface area contributed by atoms with Crippen LogP contribution in [0.15, 0.2) is 142 Å². The molecule has 6 nitrogen and oxygen atoms in total. The summed E-state index contributed by atoms with van der Waals surface area (Å²) < 4.78 is 217. The number of nitrogens with zero attached hydrogens (tertiary/aromatic N) is 2. The van der Waals surface area contributed by atoms with Crippen molar-refractivity contribution in [2.45, 2.75) is 36.0 Å². The van der Waals surface area contributed by atoms with Gasteiger partial charge in [-0.1, -0.05) is 36.4 Å². The smallest absolute Gasteiger partial charge is 0.449 e. The first-order valence-electron chi connectivity index (χ1n) is 17.0. The molecule has 0 atom stereocenters. The van der Waals surface area contributed by atoms with Crippen molar-refractivity contribution < 1.29 is 79.8 Å². The van der Waals surface area contributed by atoms with E-state index in [-0.39, 0.29) is 34.5 Å². The van der Waals surface area contributed by atoms with Crippen LogP contribution in [0, 0.1) is 0 Å². The molecule has 0 aliphatic rings. The molecule has 6 rings (SSSR count). The molecule has 6 aromatic rings. The quantitative estimate of drug-likeness (QED) is 0.0959. The number of benzene rings is 4. The summed E-state index contributed by atoms with van der Waals surface area (Å²) in [6.45, 7) is -5.05. The van der Waals surface area contributed by atoms with Crippen molar-refractivity contribution in [2.24, 2.45) is 0 Å². The zero-order valence-electron chi connectivity index (χ0n) is 29.9. The van der Waals surface area contributed by atoms with Crippen molar-refractivity contribution in [3.05, 3.63) is 145 Å². The van der Waals surface area contributed by atoms with E-state index < -0.39 is 72.3 Å². The fourth-order valence-electron chi connectivity index (χ4n) is 5.53. The van der Waals surface area contributed by atoms with Gasteiger partial charge in [-0.2, -0.15) is 61.5 Å². The zero-order chi connectivity index (χ0) is 43.7. The summed E-state index contributed by atoms with van der Waals surface area (Å²) in [4.78, 5) is 2.33. The van der Waals surface area contributed by atoms with Crippen LogP contribution >= 0.6 is 0 Å². The van der Waals surface area contributed by atoms with E-state index in [1.54, 1.807) is 12.1 Å². The van der Waals surface area contributed by atoms with E-state index in [2.05, 4.69) is 9.47 Å². The molecule has 60 heavy (non-hydrogen) atoms. The highest BCUT2D eigenvalue weighted by Gasteiger charge is 2.81. The van der Waals surface area contributed by atoms with Crippen LogP contribution in [0.5, 0.6) is 11.5 Å². The number of anilines is 6. The van der Waals surface area contributed by atoms with E-state index in [0.29, 0.717) is 12.1 Å². The molecule has 0 aliphatic carbocycles. The fourth-order valence-corrected chi connectivity index (χ4v) is 5.53. The molecule has 20 heteroatoms. The van der Waals surface area contributed by atoms with Crippen LogP contribution in [0.4, 0.5) is 96.0 Å². The molecule has 318 valence electrons. The van der Waals surface area contributed by atoms with Gasteiger partial charge < -0.3 is 18.3 Å². The van der Waals surface area contributed by atoms with Gasteiger partial charge in [-0.3, -0.25) is 9.80 Å². The number of rotatable bonds is 15.